The summed E-state index contributed by atoms with van der Waals surface area (Å²) in [6.07, 6.45) is 3.62. The lowest BCUT2D eigenvalue weighted by Gasteiger charge is -2.27. The summed E-state index contributed by atoms with van der Waals surface area (Å²) < 4.78 is 0.782. The Kier molecular flexibility index (Phi) is 4.91. The fourth-order valence-corrected chi connectivity index (χ4v) is 2.17. The summed E-state index contributed by atoms with van der Waals surface area (Å²) in [6.45, 7) is 10.8. The third-order valence-corrected chi connectivity index (χ3v) is 2.67. The van der Waals surface area contributed by atoms with Gasteiger partial charge in [-0.25, -0.2) is 0 Å². The van der Waals surface area contributed by atoms with Crippen molar-refractivity contribution >= 4 is 22.6 Å². The largest absolute Gasteiger partial charge is 0.0829 e. The third-order valence-electron chi connectivity index (χ3n) is 2.23. The molecule has 0 aromatic heterocycles. The van der Waals surface area contributed by atoms with Crippen molar-refractivity contribution in [3.05, 3.63) is 6.92 Å². The Morgan fingerprint density at radius 3 is 2.20 bits per heavy atom. The van der Waals surface area contributed by atoms with E-state index >= 15 is 0 Å². The van der Waals surface area contributed by atoms with Crippen LogP contribution in [-0.4, -0.2) is 3.92 Å². The van der Waals surface area contributed by atoms with Gasteiger partial charge in [0.05, 0.1) is 0 Å². The molecule has 0 rings (SSSR count). The van der Waals surface area contributed by atoms with Crippen LogP contribution in [0.4, 0.5) is 0 Å². The standard InChI is InChI=1S/C9H18I/c1-5-9(4,6-2)7-8(3)10/h8H,1,5-7H2,2-4H3. The molecule has 0 aliphatic heterocycles. The Balaban J connectivity index is 3.80. The van der Waals surface area contributed by atoms with Crippen LogP contribution in [-0.2, 0) is 0 Å². The first-order valence-electron chi connectivity index (χ1n) is 3.97. The Morgan fingerprint density at radius 2 is 2.10 bits per heavy atom. The average Bonchev–Trinajstić information content (AvgIpc) is 1.87. The zero-order chi connectivity index (χ0) is 8.20. The maximum absolute atomic E-state index is 3.98. The van der Waals surface area contributed by atoms with Crippen LogP contribution in [0, 0.1) is 12.3 Å². The second kappa shape index (κ2) is 4.58. The zero-order valence-electron chi connectivity index (χ0n) is 7.28. The zero-order valence-corrected chi connectivity index (χ0v) is 9.44. The van der Waals surface area contributed by atoms with Crippen LogP contribution < -0.4 is 0 Å². The molecular weight excluding hydrogens is 235 g/mol. The van der Waals surface area contributed by atoms with Gasteiger partial charge >= 0.3 is 0 Å². The lowest BCUT2D eigenvalue weighted by molar-refractivity contribution is 0.291. The summed E-state index contributed by atoms with van der Waals surface area (Å²) in [5.74, 6) is 0. The molecule has 0 aliphatic carbocycles. The van der Waals surface area contributed by atoms with Gasteiger partial charge in [-0.15, -0.1) is 0 Å². The van der Waals surface area contributed by atoms with E-state index in [-0.39, 0.29) is 0 Å². The van der Waals surface area contributed by atoms with Gasteiger partial charge in [-0.1, -0.05) is 56.7 Å². The summed E-state index contributed by atoms with van der Waals surface area (Å²) in [7, 11) is 0. The molecule has 2 atom stereocenters. The van der Waals surface area contributed by atoms with Gasteiger partial charge < -0.3 is 0 Å². The summed E-state index contributed by atoms with van der Waals surface area (Å²) in [6, 6.07) is 0. The molecule has 0 spiro atoms. The molecule has 0 aliphatic rings. The Labute approximate surface area is 78.9 Å². The van der Waals surface area contributed by atoms with Crippen molar-refractivity contribution in [2.45, 2.75) is 44.0 Å². The highest BCUT2D eigenvalue weighted by atomic mass is 127. The van der Waals surface area contributed by atoms with Gasteiger partial charge in [-0.2, -0.15) is 0 Å². The smallest absolute Gasteiger partial charge is 0.00865 e. The van der Waals surface area contributed by atoms with Crippen LogP contribution in [0.1, 0.15) is 40.0 Å². The normalized spacial score (nSPS) is 15.3. The van der Waals surface area contributed by atoms with Crippen LogP contribution in [0.2, 0.25) is 0 Å². The summed E-state index contributed by atoms with van der Waals surface area (Å²) in [5.41, 5.74) is 0.487. The lowest BCUT2D eigenvalue weighted by atomic mass is 9.81. The summed E-state index contributed by atoms with van der Waals surface area (Å²) >= 11 is 2.49. The van der Waals surface area contributed by atoms with Crippen LogP contribution >= 0.6 is 22.6 Å². The number of hydrogen-bond acceptors (Lipinski definition) is 0. The second-order valence-electron chi connectivity index (χ2n) is 3.40. The molecule has 1 radical (unpaired) electrons. The van der Waals surface area contributed by atoms with Crippen molar-refractivity contribution in [1.82, 2.24) is 0 Å². The van der Waals surface area contributed by atoms with Gasteiger partial charge in [0.25, 0.3) is 0 Å². The van der Waals surface area contributed by atoms with Crippen molar-refractivity contribution in [1.29, 1.82) is 0 Å². The third kappa shape index (κ3) is 3.79. The molecule has 0 aromatic rings. The quantitative estimate of drug-likeness (QED) is 0.527. The van der Waals surface area contributed by atoms with Crippen LogP contribution in [0.15, 0.2) is 0 Å². The molecule has 0 N–H and O–H groups in total. The predicted molar refractivity (Wildman–Crippen MR) is 56.5 cm³/mol. The van der Waals surface area contributed by atoms with E-state index in [0.717, 1.165) is 10.3 Å². The molecule has 0 nitrogen and oxygen atoms in total. The van der Waals surface area contributed by atoms with Crippen molar-refractivity contribution in [3.63, 3.8) is 0 Å². The van der Waals surface area contributed by atoms with Crippen LogP contribution in [0.25, 0.3) is 0 Å². The van der Waals surface area contributed by atoms with Crippen molar-refractivity contribution in [2.75, 3.05) is 0 Å². The van der Waals surface area contributed by atoms with Gasteiger partial charge in [0.1, 0.15) is 0 Å². The molecule has 0 saturated heterocycles. The first-order chi connectivity index (χ1) is 4.54. The van der Waals surface area contributed by atoms with Crippen LogP contribution in [0.5, 0.6) is 0 Å². The fraction of sp³-hybridized carbons (Fsp3) is 0.889. The van der Waals surface area contributed by atoms with Crippen molar-refractivity contribution in [3.8, 4) is 0 Å². The fourth-order valence-electron chi connectivity index (χ4n) is 1.10. The first-order valence-corrected chi connectivity index (χ1v) is 5.22. The highest BCUT2D eigenvalue weighted by molar-refractivity contribution is 14.1. The van der Waals surface area contributed by atoms with Gasteiger partial charge in [0, 0.05) is 3.92 Å². The minimum absolute atomic E-state index is 0.487. The molecule has 0 bridgehead atoms. The monoisotopic (exact) mass is 253 g/mol. The van der Waals surface area contributed by atoms with Gasteiger partial charge in [-0.05, 0) is 18.3 Å². The van der Waals surface area contributed by atoms with Crippen LogP contribution in [0.3, 0.4) is 0 Å². The molecule has 10 heavy (non-hydrogen) atoms. The van der Waals surface area contributed by atoms with E-state index in [1.807, 2.05) is 0 Å². The second-order valence-corrected chi connectivity index (χ2v) is 5.53. The average molecular weight is 253 g/mol. The molecule has 0 fully saturated rings. The predicted octanol–water partition coefficient (Wildman–Crippen LogP) is 3.84. The minimum atomic E-state index is 0.487. The maximum Gasteiger partial charge on any atom is 0.00865 e. The molecule has 0 heterocycles. The highest BCUT2D eigenvalue weighted by Crippen LogP contribution is 2.32. The van der Waals surface area contributed by atoms with Crippen molar-refractivity contribution in [2.24, 2.45) is 5.41 Å². The molecule has 0 aromatic carbocycles. The number of halogens is 1. The highest BCUT2D eigenvalue weighted by Gasteiger charge is 2.20. The molecular formula is C9H18I. The number of alkyl halides is 1. The Hall–Kier alpha value is 0.730. The Morgan fingerprint density at radius 1 is 1.60 bits per heavy atom. The number of hydrogen-bond donors (Lipinski definition) is 0. The van der Waals surface area contributed by atoms with Gasteiger partial charge in [0.2, 0.25) is 0 Å². The minimum Gasteiger partial charge on any atom is -0.0829 e. The van der Waals surface area contributed by atoms with E-state index in [9.17, 15) is 0 Å². The van der Waals surface area contributed by atoms with E-state index in [1.165, 1.54) is 12.8 Å². The van der Waals surface area contributed by atoms with E-state index in [0.29, 0.717) is 5.41 Å². The first kappa shape index (κ1) is 10.7. The number of rotatable bonds is 4. The van der Waals surface area contributed by atoms with E-state index in [4.69, 9.17) is 0 Å². The Bertz CT molecular complexity index is 82.7. The van der Waals surface area contributed by atoms with Gasteiger partial charge in [-0.3, -0.25) is 0 Å². The SMILES string of the molecule is [CH2]CC(C)(CC)CC(C)I. The maximum atomic E-state index is 3.98. The van der Waals surface area contributed by atoms with E-state index in [2.05, 4.69) is 50.3 Å². The van der Waals surface area contributed by atoms with Gasteiger partial charge in [0.15, 0.2) is 0 Å². The lowest BCUT2D eigenvalue weighted by Crippen LogP contribution is -2.17. The molecule has 0 amide bonds. The molecule has 0 saturated carbocycles. The summed E-state index contributed by atoms with van der Waals surface area (Å²) in [5, 5.41) is 0. The van der Waals surface area contributed by atoms with E-state index < -0.39 is 0 Å². The van der Waals surface area contributed by atoms with Crippen molar-refractivity contribution < 1.29 is 0 Å². The summed E-state index contributed by atoms with van der Waals surface area (Å²) in [4.78, 5) is 0. The molecule has 1 heteroatoms. The van der Waals surface area contributed by atoms with E-state index in [1.54, 1.807) is 0 Å². The topological polar surface area (TPSA) is 0 Å². The molecule has 2 unspecified atom stereocenters. The molecule has 61 valence electrons.